The molecule has 0 radical (unpaired) electrons. The largest absolute Gasteiger partial charge is 0.333 e. The summed E-state index contributed by atoms with van der Waals surface area (Å²) in [4.78, 5) is 28.8. The zero-order valence-electron chi connectivity index (χ0n) is 12.8. The first-order valence-corrected chi connectivity index (χ1v) is 7.39. The van der Waals surface area contributed by atoms with Crippen LogP contribution < -0.4 is 15.8 Å². The Balaban J connectivity index is 1.73. The first-order chi connectivity index (χ1) is 10.6. The van der Waals surface area contributed by atoms with E-state index in [-0.39, 0.29) is 18.1 Å². The van der Waals surface area contributed by atoms with E-state index in [0.29, 0.717) is 12.1 Å². The normalized spacial score (nSPS) is 13.1. The Kier molecular flexibility index (Phi) is 3.71. The fourth-order valence-electron chi connectivity index (χ4n) is 2.91. The second kappa shape index (κ2) is 5.67. The fraction of sp³-hybridized carbons (Fsp3) is 0.294. The first-order valence-electron chi connectivity index (χ1n) is 7.39. The molecule has 1 aromatic carbocycles. The number of carbonyl (C=O) groups excluding carboxylic acids is 1. The maximum absolute atomic E-state index is 12.4. The van der Waals surface area contributed by atoms with Crippen molar-refractivity contribution in [2.24, 2.45) is 0 Å². The summed E-state index contributed by atoms with van der Waals surface area (Å²) >= 11 is 0. The van der Waals surface area contributed by atoms with Gasteiger partial charge in [-0.15, -0.1) is 0 Å². The molecule has 0 saturated carbocycles. The average molecular weight is 297 g/mol. The lowest BCUT2D eigenvalue weighted by atomic mass is 10.1. The topological polar surface area (TPSA) is 65.2 Å². The van der Waals surface area contributed by atoms with Gasteiger partial charge in [-0.05, 0) is 43.5 Å². The molecule has 2 aromatic rings. The number of hydrogen-bond acceptors (Lipinski definition) is 2. The molecular formula is C17H19N3O2. The minimum Gasteiger partial charge on any atom is -0.333 e. The van der Waals surface area contributed by atoms with Gasteiger partial charge in [0.2, 0.25) is 0 Å². The number of hydrogen-bond donors (Lipinski definition) is 2. The van der Waals surface area contributed by atoms with Crippen molar-refractivity contribution in [3.63, 3.8) is 0 Å². The number of fused-ring (bicyclic) bond motifs is 1. The third-order valence-corrected chi connectivity index (χ3v) is 4.04. The van der Waals surface area contributed by atoms with E-state index in [1.807, 2.05) is 44.2 Å². The van der Waals surface area contributed by atoms with Crippen LogP contribution >= 0.6 is 0 Å². The molecule has 2 N–H and O–H groups in total. The van der Waals surface area contributed by atoms with Crippen LogP contribution in [-0.4, -0.2) is 17.6 Å². The number of pyridine rings is 1. The van der Waals surface area contributed by atoms with Crippen molar-refractivity contribution < 1.29 is 4.79 Å². The molecular weight excluding hydrogens is 278 g/mol. The molecule has 0 atom stereocenters. The van der Waals surface area contributed by atoms with Crippen molar-refractivity contribution in [2.45, 2.75) is 26.8 Å². The Morgan fingerprint density at radius 1 is 1.32 bits per heavy atom. The molecule has 0 aliphatic carbocycles. The molecule has 1 aliphatic rings. The molecule has 5 nitrogen and oxygen atoms in total. The Morgan fingerprint density at radius 2 is 2.09 bits per heavy atom. The van der Waals surface area contributed by atoms with E-state index in [9.17, 15) is 9.59 Å². The summed E-state index contributed by atoms with van der Waals surface area (Å²) in [6.45, 7) is 4.64. The van der Waals surface area contributed by atoms with Gasteiger partial charge in [0.1, 0.15) is 0 Å². The van der Waals surface area contributed by atoms with Gasteiger partial charge in [-0.2, -0.15) is 0 Å². The number of H-pyrrole nitrogens is 1. The number of nitrogens with one attached hydrogen (secondary N) is 2. The Bertz CT molecular complexity index is 780. The molecule has 0 unspecified atom stereocenters. The summed E-state index contributed by atoms with van der Waals surface area (Å²) in [6, 6.07) is 9.65. The zero-order valence-corrected chi connectivity index (χ0v) is 12.8. The molecule has 1 aliphatic heterocycles. The number of aromatic amines is 1. The van der Waals surface area contributed by atoms with Crippen molar-refractivity contribution >= 4 is 11.7 Å². The fourth-order valence-corrected chi connectivity index (χ4v) is 2.91. The van der Waals surface area contributed by atoms with Crippen LogP contribution in [-0.2, 0) is 13.0 Å². The molecule has 22 heavy (non-hydrogen) atoms. The number of benzene rings is 1. The quantitative estimate of drug-likeness (QED) is 0.893. The number of aryl methyl sites for hydroxylation is 2. The average Bonchev–Trinajstić information content (AvgIpc) is 2.90. The maximum Gasteiger partial charge on any atom is 0.322 e. The summed E-state index contributed by atoms with van der Waals surface area (Å²) in [6.07, 6.45) is 0.869. The van der Waals surface area contributed by atoms with E-state index in [2.05, 4.69) is 10.3 Å². The van der Waals surface area contributed by atoms with Crippen LogP contribution in [0.1, 0.15) is 22.4 Å². The molecule has 0 spiro atoms. The van der Waals surface area contributed by atoms with Gasteiger partial charge >= 0.3 is 6.03 Å². The minimum absolute atomic E-state index is 0.139. The molecule has 114 valence electrons. The summed E-state index contributed by atoms with van der Waals surface area (Å²) in [5.74, 6) is 0. The predicted molar refractivity (Wildman–Crippen MR) is 86.3 cm³/mol. The maximum atomic E-state index is 12.4. The lowest BCUT2D eigenvalue weighted by Gasteiger charge is -2.18. The second-order valence-corrected chi connectivity index (χ2v) is 5.63. The monoisotopic (exact) mass is 297 g/mol. The van der Waals surface area contributed by atoms with Crippen molar-refractivity contribution in [3.8, 4) is 0 Å². The van der Waals surface area contributed by atoms with Crippen molar-refractivity contribution in [1.29, 1.82) is 0 Å². The Hall–Kier alpha value is -2.56. The van der Waals surface area contributed by atoms with Crippen molar-refractivity contribution in [2.75, 3.05) is 11.4 Å². The van der Waals surface area contributed by atoms with E-state index in [1.165, 1.54) is 5.56 Å². The van der Waals surface area contributed by atoms with E-state index in [1.54, 1.807) is 4.90 Å². The minimum atomic E-state index is -0.163. The molecule has 0 bridgehead atoms. The highest BCUT2D eigenvalue weighted by Crippen LogP contribution is 2.27. The summed E-state index contributed by atoms with van der Waals surface area (Å²) in [7, 11) is 0. The van der Waals surface area contributed by atoms with Crippen LogP contribution in [0.25, 0.3) is 0 Å². The van der Waals surface area contributed by atoms with Crippen LogP contribution in [0.5, 0.6) is 0 Å². The summed E-state index contributed by atoms with van der Waals surface area (Å²) < 4.78 is 0. The van der Waals surface area contributed by atoms with Crippen molar-refractivity contribution in [3.05, 3.63) is 63.1 Å². The van der Waals surface area contributed by atoms with Crippen LogP contribution in [0.15, 0.2) is 35.1 Å². The number of nitrogens with zero attached hydrogens (tertiary/aromatic N) is 1. The number of amides is 2. The second-order valence-electron chi connectivity index (χ2n) is 5.63. The van der Waals surface area contributed by atoms with Gasteiger partial charge in [-0.25, -0.2) is 4.79 Å². The number of rotatable bonds is 2. The molecule has 2 amide bonds. The van der Waals surface area contributed by atoms with Gasteiger partial charge in [-0.3, -0.25) is 9.69 Å². The van der Waals surface area contributed by atoms with Gasteiger partial charge in [0.25, 0.3) is 5.56 Å². The van der Waals surface area contributed by atoms with E-state index in [4.69, 9.17) is 0 Å². The predicted octanol–water partition coefficient (Wildman–Crippen LogP) is 2.26. The molecule has 1 aromatic heterocycles. The molecule has 2 heterocycles. The van der Waals surface area contributed by atoms with Crippen LogP contribution in [0.3, 0.4) is 0 Å². The van der Waals surface area contributed by atoms with Gasteiger partial charge in [-0.1, -0.05) is 18.2 Å². The summed E-state index contributed by atoms with van der Waals surface area (Å²) in [5.41, 5.74) is 4.32. The molecule has 5 heteroatoms. The number of aromatic nitrogens is 1. The Labute approximate surface area is 129 Å². The van der Waals surface area contributed by atoms with Gasteiger partial charge in [0.05, 0.1) is 6.54 Å². The smallest absolute Gasteiger partial charge is 0.322 e. The number of anilines is 1. The molecule has 0 fully saturated rings. The standard InChI is InChI=1S/C17H19N3O2/c1-11-9-12(2)19-16(21)14(11)10-18-17(22)20-8-7-13-5-3-4-6-15(13)20/h3-6,9H,7-8,10H2,1-2H3,(H,18,22)(H,19,21). The van der Waals surface area contributed by atoms with Gasteiger partial charge in [0.15, 0.2) is 0 Å². The molecule has 0 saturated heterocycles. The van der Waals surface area contributed by atoms with Crippen LogP contribution in [0.4, 0.5) is 10.5 Å². The lowest BCUT2D eigenvalue weighted by Crippen LogP contribution is -2.39. The highest BCUT2D eigenvalue weighted by molar-refractivity contribution is 5.94. The third kappa shape index (κ3) is 2.62. The van der Waals surface area contributed by atoms with E-state index >= 15 is 0 Å². The first kappa shape index (κ1) is 14.4. The van der Waals surface area contributed by atoms with E-state index < -0.39 is 0 Å². The lowest BCUT2D eigenvalue weighted by molar-refractivity contribution is 0.246. The van der Waals surface area contributed by atoms with Crippen LogP contribution in [0, 0.1) is 13.8 Å². The van der Waals surface area contributed by atoms with Crippen LogP contribution in [0.2, 0.25) is 0 Å². The highest BCUT2D eigenvalue weighted by atomic mass is 16.2. The number of carbonyl (C=O) groups is 1. The Morgan fingerprint density at radius 3 is 2.86 bits per heavy atom. The summed E-state index contributed by atoms with van der Waals surface area (Å²) in [5, 5.41) is 2.85. The van der Waals surface area contributed by atoms with Gasteiger partial charge in [0, 0.05) is 23.5 Å². The number of urea groups is 1. The van der Waals surface area contributed by atoms with Gasteiger partial charge < -0.3 is 10.3 Å². The van der Waals surface area contributed by atoms with Crippen molar-refractivity contribution in [1.82, 2.24) is 10.3 Å². The molecule has 3 rings (SSSR count). The highest BCUT2D eigenvalue weighted by Gasteiger charge is 2.24. The van der Waals surface area contributed by atoms with E-state index in [0.717, 1.165) is 23.4 Å². The SMILES string of the molecule is Cc1cc(C)c(CNC(=O)N2CCc3ccccc32)c(=O)[nH]1. The number of para-hydroxylation sites is 1. The third-order valence-electron chi connectivity index (χ3n) is 4.04. The zero-order chi connectivity index (χ0) is 15.7.